The van der Waals surface area contributed by atoms with Gasteiger partial charge in [-0.3, -0.25) is 0 Å². The highest BCUT2D eigenvalue weighted by Gasteiger charge is 2.40. The number of nitrogens with zero attached hydrogens (tertiary/aromatic N) is 2. The largest absolute Gasteiger partial charge is 0.493 e. The van der Waals surface area contributed by atoms with Crippen LogP contribution in [0.1, 0.15) is 31.7 Å². The third-order valence-electron chi connectivity index (χ3n) is 5.88. The quantitative estimate of drug-likeness (QED) is 0.781. The van der Waals surface area contributed by atoms with Crippen LogP contribution in [0.3, 0.4) is 0 Å². The minimum Gasteiger partial charge on any atom is -0.493 e. The molecule has 1 aromatic heterocycles. The van der Waals surface area contributed by atoms with Crippen molar-refractivity contribution in [1.82, 2.24) is 9.55 Å². The van der Waals surface area contributed by atoms with E-state index in [-0.39, 0.29) is 5.60 Å². The fraction of sp³-hybridized carbons (Fsp3) is 0.571. The number of imidazole rings is 1. The van der Waals surface area contributed by atoms with Crippen LogP contribution < -0.4 is 14.2 Å². The van der Waals surface area contributed by atoms with Gasteiger partial charge in [0.2, 0.25) is 5.75 Å². The maximum absolute atomic E-state index is 6.22. The Morgan fingerprint density at radius 1 is 1.04 bits per heavy atom. The zero-order chi connectivity index (χ0) is 19.6. The second kappa shape index (κ2) is 8.01. The van der Waals surface area contributed by atoms with Crippen LogP contribution in [0.15, 0.2) is 24.5 Å². The summed E-state index contributed by atoms with van der Waals surface area (Å²) in [4.78, 5) is 4.66. The van der Waals surface area contributed by atoms with Crippen molar-refractivity contribution >= 4 is 0 Å². The van der Waals surface area contributed by atoms with Crippen LogP contribution >= 0.6 is 0 Å². The van der Waals surface area contributed by atoms with E-state index < -0.39 is 0 Å². The Kier molecular flexibility index (Phi) is 5.46. The van der Waals surface area contributed by atoms with Crippen LogP contribution in [0.5, 0.6) is 17.2 Å². The van der Waals surface area contributed by atoms with Crippen molar-refractivity contribution in [3.8, 4) is 28.6 Å². The van der Waals surface area contributed by atoms with Gasteiger partial charge in [-0.2, -0.15) is 0 Å². The molecule has 2 saturated heterocycles. The monoisotopic (exact) mass is 388 g/mol. The first-order valence-electron chi connectivity index (χ1n) is 9.75. The van der Waals surface area contributed by atoms with Crippen LogP contribution in [0.25, 0.3) is 11.4 Å². The van der Waals surface area contributed by atoms with Gasteiger partial charge in [-0.1, -0.05) is 0 Å². The Bertz CT molecular complexity index is 808. The highest BCUT2D eigenvalue weighted by Crippen LogP contribution is 2.46. The van der Waals surface area contributed by atoms with Gasteiger partial charge in [0.25, 0.3) is 0 Å². The van der Waals surface area contributed by atoms with Crippen LogP contribution in [0.4, 0.5) is 0 Å². The van der Waals surface area contributed by atoms with Crippen LogP contribution in [0.2, 0.25) is 0 Å². The first kappa shape index (κ1) is 19.1. The molecule has 0 N–H and O–H groups in total. The van der Waals surface area contributed by atoms with Crippen LogP contribution in [0, 0.1) is 0 Å². The van der Waals surface area contributed by atoms with Crippen molar-refractivity contribution in [1.29, 1.82) is 0 Å². The molecule has 2 aliphatic rings. The van der Waals surface area contributed by atoms with E-state index in [4.69, 9.17) is 23.7 Å². The Labute approximate surface area is 165 Å². The zero-order valence-corrected chi connectivity index (χ0v) is 16.8. The molecule has 0 bridgehead atoms. The summed E-state index contributed by atoms with van der Waals surface area (Å²) >= 11 is 0. The van der Waals surface area contributed by atoms with Gasteiger partial charge >= 0.3 is 0 Å². The molecule has 1 unspecified atom stereocenters. The van der Waals surface area contributed by atoms with Gasteiger partial charge in [0.1, 0.15) is 5.82 Å². The van der Waals surface area contributed by atoms with Crippen molar-refractivity contribution in [3.63, 3.8) is 0 Å². The highest BCUT2D eigenvalue weighted by atomic mass is 16.5. The lowest BCUT2D eigenvalue weighted by atomic mass is 9.84. The summed E-state index contributed by atoms with van der Waals surface area (Å²) in [6, 6.07) is 4.18. The molecule has 1 spiro atoms. The summed E-state index contributed by atoms with van der Waals surface area (Å²) in [6.45, 7) is 2.30. The molecule has 0 radical (unpaired) electrons. The lowest BCUT2D eigenvalue weighted by Crippen LogP contribution is -2.44. The summed E-state index contributed by atoms with van der Waals surface area (Å²) < 4.78 is 30.7. The number of rotatable bonds is 5. The summed E-state index contributed by atoms with van der Waals surface area (Å²) in [5.74, 6) is 2.70. The molecular formula is C21H28N2O5. The number of benzene rings is 1. The van der Waals surface area contributed by atoms with Crippen LogP contribution in [-0.2, 0) is 9.47 Å². The lowest BCUT2D eigenvalue weighted by molar-refractivity contribution is -0.144. The molecule has 2 aliphatic heterocycles. The number of hydrogen-bond donors (Lipinski definition) is 0. The molecule has 152 valence electrons. The van der Waals surface area contributed by atoms with E-state index in [0.29, 0.717) is 23.3 Å². The Hall–Kier alpha value is -2.25. The summed E-state index contributed by atoms with van der Waals surface area (Å²) in [5.41, 5.74) is 0.808. The molecule has 0 aliphatic carbocycles. The van der Waals surface area contributed by atoms with Crippen molar-refractivity contribution in [2.45, 2.75) is 37.3 Å². The number of aromatic nitrogens is 2. The molecule has 0 amide bonds. The molecule has 1 atom stereocenters. The molecule has 28 heavy (non-hydrogen) atoms. The van der Waals surface area contributed by atoms with E-state index in [1.807, 2.05) is 18.3 Å². The molecule has 7 heteroatoms. The number of hydrogen-bond acceptors (Lipinski definition) is 6. The molecule has 2 fully saturated rings. The van der Waals surface area contributed by atoms with Crippen LogP contribution in [-0.4, -0.2) is 56.3 Å². The zero-order valence-electron chi connectivity index (χ0n) is 16.8. The normalized spacial score (nSPS) is 21.5. The van der Waals surface area contributed by atoms with Crippen molar-refractivity contribution in [2.24, 2.45) is 0 Å². The van der Waals surface area contributed by atoms with E-state index >= 15 is 0 Å². The smallest absolute Gasteiger partial charge is 0.204 e. The third-order valence-corrected chi connectivity index (χ3v) is 5.88. The second-order valence-corrected chi connectivity index (χ2v) is 7.33. The van der Waals surface area contributed by atoms with Crippen molar-refractivity contribution in [3.05, 3.63) is 24.5 Å². The Morgan fingerprint density at radius 2 is 1.82 bits per heavy atom. The highest BCUT2D eigenvalue weighted by molar-refractivity contribution is 5.72. The predicted molar refractivity (Wildman–Crippen MR) is 104 cm³/mol. The van der Waals surface area contributed by atoms with E-state index in [1.54, 1.807) is 21.3 Å². The van der Waals surface area contributed by atoms with Gasteiger partial charge in [0.05, 0.1) is 32.5 Å². The Morgan fingerprint density at radius 3 is 2.54 bits per heavy atom. The molecule has 4 rings (SSSR count). The van der Waals surface area contributed by atoms with E-state index in [2.05, 4.69) is 15.7 Å². The van der Waals surface area contributed by atoms with E-state index in [0.717, 1.165) is 56.9 Å². The summed E-state index contributed by atoms with van der Waals surface area (Å²) in [6.07, 6.45) is 7.73. The first-order chi connectivity index (χ1) is 13.7. The van der Waals surface area contributed by atoms with Gasteiger partial charge < -0.3 is 28.3 Å². The third kappa shape index (κ3) is 3.33. The minimum absolute atomic E-state index is 0.0790. The molecule has 2 aromatic rings. The topological polar surface area (TPSA) is 64.0 Å². The molecule has 3 heterocycles. The summed E-state index contributed by atoms with van der Waals surface area (Å²) in [5, 5.41) is 0. The average Bonchev–Trinajstić information content (AvgIpc) is 3.22. The first-order valence-corrected chi connectivity index (χ1v) is 9.75. The summed E-state index contributed by atoms with van der Waals surface area (Å²) in [7, 11) is 4.87. The van der Waals surface area contributed by atoms with Gasteiger partial charge in [-0.15, -0.1) is 0 Å². The van der Waals surface area contributed by atoms with Gasteiger partial charge in [-0.25, -0.2) is 4.98 Å². The molecule has 0 saturated carbocycles. The second-order valence-electron chi connectivity index (χ2n) is 7.33. The maximum atomic E-state index is 6.22. The van der Waals surface area contributed by atoms with Gasteiger partial charge in [0.15, 0.2) is 11.5 Å². The minimum atomic E-state index is -0.0790. The fourth-order valence-electron chi connectivity index (χ4n) is 4.42. The molecule has 7 nitrogen and oxygen atoms in total. The number of ether oxygens (including phenoxy) is 5. The predicted octanol–water partition coefficient (Wildman–Crippen LogP) is 3.48. The van der Waals surface area contributed by atoms with E-state index in [9.17, 15) is 0 Å². The average molecular weight is 388 g/mol. The van der Waals surface area contributed by atoms with Gasteiger partial charge in [-0.05, 0) is 37.8 Å². The standard InChI is InChI=1S/C21H28N2O5/c1-24-17-5-4-16(18(25-2)19(17)26-3)20-22-9-10-23(20)15-6-11-28-21(14-15)7-12-27-13-8-21/h4-5,9-10,15H,6-8,11-14H2,1-3H3. The maximum Gasteiger partial charge on any atom is 0.204 e. The molecule has 1 aromatic carbocycles. The van der Waals surface area contributed by atoms with Crippen molar-refractivity contribution in [2.75, 3.05) is 41.2 Å². The van der Waals surface area contributed by atoms with Gasteiger partial charge in [0, 0.05) is 38.3 Å². The molecular weight excluding hydrogens is 360 g/mol. The fourth-order valence-corrected chi connectivity index (χ4v) is 4.42. The van der Waals surface area contributed by atoms with Crippen molar-refractivity contribution < 1.29 is 23.7 Å². The SMILES string of the molecule is COc1ccc(-c2nccn2C2CCOC3(CCOCC3)C2)c(OC)c1OC. The number of methoxy groups -OCH3 is 3. The lowest BCUT2D eigenvalue weighted by Gasteiger charge is -2.43. The Balaban J connectivity index is 1.70. The van der Waals surface area contributed by atoms with E-state index in [1.165, 1.54) is 0 Å².